The molecule has 4 nitrogen and oxygen atoms in total. The lowest BCUT2D eigenvalue weighted by atomic mass is 10.3. The van der Waals surface area contributed by atoms with Gasteiger partial charge < -0.3 is 10.3 Å². The number of aromatic nitrogens is 2. The molecule has 72 valence electrons. The summed E-state index contributed by atoms with van der Waals surface area (Å²) in [5.74, 6) is 0.660. The molecule has 0 atom stereocenters. The van der Waals surface area contributed by atoms with Crippen LogP contribution in [0.15, 0.2) is 10.9 Å². The molecule has 1 aromatic heterocycles. The van der Waals surface area contributed by atoms with E-state index in [0.29, 0.717) is 18.4 Å². The monoisotopic (exact) mass is 181 g/mol. The fourth-order valence-electron chi connectivity index (χ4n) is 1.04. The van der Waals surface area contributed by atoms with Crippen LogP contribution in [0.1, 0.15) is 25.4 Å². The Labute approximate surface area is 77.4 Å². The summed E-state index contributed by atoms with van der Waals surface area (Å²) in [7, 11) is 0. The maximum Gasteiger partial charge on any atom is 0.251 e. The van der Waals surface area contributed by atoms with Crippen LogP contribution in [0, 0.1) is 6.92 Å². The van der Waals surface area contributed by atoms with E-state index >= 15 is 0 Å². The number of H-pyrrole nitrogens is 1. The van der Waals surface area contributed by atoms with E-state index in [9.17, 15) is 4.79 Å². The second-order valence-electron chi connectivity index (χ2n) is 3.36. The summed E-state index contributed by atoms with van der Waals surface area (Å²) in [6, 6.07) is 1.92. The van der Waals surface area contributed by atoms with Crippen molar-refractivity contribution in [3.8, 4) is 0 Å². The molecule has 0 fully saturated rings. The van der Waals surface area contributed by atoms with Gasteiger partial charge in [-0.2, -0.15) is 0 Å². The van der Waals surface area contributed by atoms with Crippen molar-refractivity contribution in [3.63, 3.8) is 0 Å². The molecule has 0 spiro atoms. The molecule has 0 radical (unpaired) electrons. The van der Waals surface area contributed by atoms with E-state index in [0.717, 1.165) is 5.69 Å². The molecular weight excluding hydrogens is 166 g/mol. The molecule has 0 aliphatic rings. The molecule has 4 heteroatoms. The van der Waals surface area contributed by atoms with Crippen molar-refractivity contribution < 1.29 is 0 Å². The van der Waals surface area contributed by atoms with Crippen LogP contribution in [0.4, 0.5) is 0 Å². The van der Waals surface area contributed by atoms with Crippen LogP contribution >= 0.6 is 0 Å². The number of aromatic amines is 1. The third-order valence-corrected chi connectivity index (χ3v) is 1.60. The van der Waals surface area contributed by atoms with Crippen LogP contribution in [0.2, 0.25) is 0 Å². The van der Waals surface area contributed by atoms with Crippen LogP contribution in [0.25, 0.3) is 0 Å². The standard InChI is InChI=1S/C9H15N3O/c1-6(2)10-5-8-4-9(13)12-7(3)11-8/h4,6,10H,5H2,1-3H3,(H,11,12,13). The molecule has 0 bridgehead atoms. The number of aryl methyl sites for hydroxylation is 1. The van der Waals surface area contributed by atoms with E-state index in [1.165, 1.54) is 6.07 Å². The van der Waals surface area contributed by atoms with Gasteiger partial charge in [0, 0.05) is 18.7 Å². The van der Waals surface area contributed by atoms with E-state index in [1.807, 2.05) is 0 Å². The molecule has 0 saturated carbocycles. The zero-order chi connectivity index (χ0) is 9.84. The van der Waals surface area contributed by atoms with Gasteiger partial charge in [-0.1, -0.05) is 13.8 Å². The van der Waals surface area contributed by atoms with Crippen LogP contribution < -0.4 is 10.9 Å². The Morgan fingerprint density at radius 2 is 2.31 bits per heavy atom. The molecule has 1 heterocycles. The summed E-state index contributed by atoms with van der Waals surface area (Å²) >= 11 is 0. The molecule has 2 N–H and O–H groups in total. The van der Waals surface area contributed by atoms with Gasteiger partial charge in [0.2, 0.25) is 0 Å². The third-order valence-electron chi connectivity index (χ3n) is 1.60. The van der Waals surface area contributed by atoms with E-state index < -0.39 is 0 Å². The second kappa shape index (κ2) is 4.18. The van der Waals surface area contributed by atoms with Gasteiger partial charge >= 0.3 is 0 Å². The van der Waals surface area contributed by atoms with Crippen molar-refractivity contribution in [2.45, 2.75) is 33.4 Å². The molecule has 0 aromatic carbocycles. The molecule has 0 aliphatic heterocycles. The quantitative estimate of drug-likeness (QED) is 0.717. The molecule has 0 unspecified atom stereocenters. The van der Waals surface area contributed by atoms with E-state index in [2.05, 4.69) is 29.1 Å². The lowest BCUT2D eigenvalue weighted by Crippen LogP contribution is -2.24. The van der Waals surface area contributed by atoms with Crippen molar-refractivity contribution in [3.05, 3.63) is 27.9 Å². The molecule has 13 heavy (non-hydrogen) atoms. The summed E-state index contributed by atoms with van der Waals surface area (Å²) in [5, 5.41) is 3.20. The number of rotatable bonds is 3. The van der Waals surface area contributed by atoms with Gasteiger partial charge in [0.25, 0.3) is 5.56 Å². The van der Waals surface area contributed by atoms with E-state index in [4.69, 9.17) is 0 Å². The lowest BCUT2D eigenvalue weighted by molar-refractivity contribution is 0.579. The van der Waals surface area contributed by atoms with Crippen molar-refractivity contribution in [1.29, 1.82) is 0 Å². The first kappa shape index (κ1) is 9.92. The van der Waals surface area contributed by atoms with Crippen molar-refractivity contribution >= 4 is 0 Å². The molecule has 1 rings (SSSR count). The highest BCUT2D eigenvalue weighted by molar-refractivity contribution is 5.01. The van der Waals surface area contributed by atoms with Crippen LogP contribution in [0.3, 0.4) is 0 Å². The summed E-state index contributed by atoms with van der Waals surface area (Å²) in [6.07, 6.45) is 0. The minimum atomic E-state index is -0.0898. The average Bonchev–Trinajstić information content (AvgIpc) is 1.99. The Balaban J connectivity index is 2.72. The normalized spacial score (nSPS) is 10.8. The highest BCUT2D eigenvalue weighted by atomic mass is 16.1. The number of nitrogens with zero attached hydrogens (tertiary/aromatic N) is 1. The van der Waals surface area contributed by atoms with Crippen molar-refractivity contribution in [1.82, 2.24) is 15.3 Å². The maximum absolute atomic E-state index is 11.0. The Hall–Kier alpha value is -1.16. The first-order valence-electron chi connectivity index (χ1n) is 4.38. The Kier molecular flexibility index (Phi) is 3.19. The van der Waals surface area contributed by atoms with Crippen molar-refractivity contribution in [2.24, 2.45) is 0 Å². The minimum Gasteiger partial charge on any atom is -0.311 e. The third kappa shape index (κ3) is 3.38. The van der Waals surface area contributed by atoms with Gasteiger partial charge in [0.15, 0.2) is 0 Å². The Bertz CT molecular complexity index is 330. The van der Waals surface area contributed by atoms with Gasteiger partial charge in [-0.05, 0) is 6.92 Å². The zero-order valence-corrected chi connectivity index (χ0v) is 8.22. The van der Waals surface area contributed by atoms with E-state index in [1.54, 1.807) is 6.92 Å². The van der Waals surface area contributed by atoms with Crippen LogP contribution in [-0.2, 0) is 6.54 Å². The van der Waals surface area contributed by atoms with Gasteiger partial charge in [-0.25, -0.2) is 4.98 Å². The van der Waals surface area contributed by atoms with Gasteiger partial charge in [0.05, 0.1) is 5.69 Å². The van der Waals surface area contributed by atoms with E-state index in [-0.39, 0.29) is 5.56 Å². The average molecular weight is 181 g/mol. The zero-order valence-electron chi connectivity index (χ0n) is 8.22. The molecule has 0 aliphatic carbocycles. The largest absolute Gasteiger partial charge is 0.311 e. The van der Waals surface area contributed by atoms with Crippen molar-refractivity contribution in [2.75, 3.05) is 0 Å². The van der Waals surface area contributed by atoms with Gasteiger partial charge in [0.1, 0.15) is 5.82 Å². The summed E-state index contributed by atoms with van der Waals surface area (Å²) in [5.41, 5.74) is 0.697. The summed E-state index contributed by atoms with van der Waals surface area (Å²) < 4.78 is 0. The first-order valence-corrected chi connectivity index (χ1v) is 4.38. The second-order valence-corrected chi connectivity index (χ2v) is 3.36. The molecule has 1 aromatic rings. The molecule has 0 saturated heterocycles. The number of hydrogen-bond acceptors (Lipinski definition) is 3. The van der Waals surface area contributed by atoms with Crippen LogP contribution in [0.5, 0.6) is 0 Å². The number of nitrogens with one attached hydrogen (secondary N) is 2. The SMILES string of the molecule is Cc1nc(CNC(C)C)cc(=O)[nH]1. The highest BCUT2D eigenvalue weighted by Crippen LogP contribution is 1.91. The lowest BCUT2D eigenvalue weighted by Gasteiger charge is -2.06. The summed E-state index contributed by atoms with van der Waals surface area (Å²) in [4.78, 5) is 17.8. The maximum atomic E-state index is 11.0. The number of hydrogen-bond donors (Lipinski definition) is 2. The minimum absolute atomic E-state index is 0.0898. The Morgan fingerprint density at radius 3 is 2.85 bits per heavy atom. The van der Waals surface area contributed by atoms with Gasteiger partial charge in [-0.15, -0.1) is 0 Å². The predicted octanol–water partition coefficient (Wildman–Crippen LogP) is 0.576. The smallest absolute Gasteiger partial charge is 0.251 e. The topological polar surface area (TPSA) is 57.8 Å². The predicted molar refractivity (Wildman–Crippen MR) is 51.6 cm³/mol. The Morgan fingerprint density at radius 1 is 1.62 bits per heavy atom. The fourth-order valence-corrected chi connectivity index (χ4v) is 1.04. The molecule has 0 amide bonds. The fraction of sp³-hybridized carbons (Fsp3) is 0.556. The van der Waals surface area contributed by atoms with Crippen LogP contribution in [-0.4, -0.2) is 16.0 Å². The summed E-state index contributed by atoms with van der Waals surface area (Å²) in [6.45, 7) is 6.53. The highest BCUT2D eigenvalue weighted by Gasteiger charge is 1.98. The van der Waals surface area contributed by atoms with Gasteiger partial charge in [-0.3, -0.25) is 4.79 Å². The first-order chi connectivity index (χ1) is 6.08. The molecular formula is C9H15N3O.